The maximum atomic E-state index is 12.7. The van der Waals surface area contributed by atoms with Crippen molar-refractivity contribution in [3.8, 4) is 11.1 Å². The second-order valence-electron chi connectivity index (χ2n) is 6.79. The van der Waals surface area contributed by atoms with E-state index in [0.29, 0.717) is 21.1 Å². The zero-order valence-corrected chi connectivity index (χ0v) is 18.8. The molecule has 2 heterocycles. The molecule has 6 nitrogen and oxygen atoms in total. The van der Waals surface area contributed by atoms with Crippen molar-refractivity contribution in [3.63, 3.8) is 0 Å². The van der Waals surface area contributed by atoms with Crippen LogP contribution >= 0.6 is 23.1 Å². The van der Waals surface area contributed by atoms with Crippen LogP contribution in [0.3, 0.4) is 0 Å². The van der Waals surface area contributed by atoms with Crippen molar-refractivity contribution in [2.45, 2.75) is 15.8 Å². The average molecular weight is 458 g/mol. The normalized spacial score (nSPS) is 12.0. The third kappa shape index (κ3) is 4.06. The van der Waals surface area contributed by atoms with Crippen LogP contribution in [0.15, 0.2) is 74.8 Å². The molecule has 0 atom stereocenters. The van der Waals surface area contributed by atoms with Gasteiger partial charge in [0.25, 0.3) is 5.56 Å². The van der Waals surface area contributed by atoms with Crippen molar-refractivity contribution >= 4 is 43.3 Å². The maximum absolute atomic E-state index is 12.7. The monoisotopic (exact) mass is 457 g/mol. The van der Waals surface area contributed by atoms with E-state index < -0.39 is 10.0 Å². The molecule has 9 heteroatoms. The standard InChI is InChI=1S/C21H19N3O3S3/c1-24(2)30(26,27)16-10-6-7-14(11-16)12-29-21-22-19(25)18-17(13-28-20(18)23-21)15-8-4-3-5-9-15/h3-11,13H,12H2,1-2H3,(H,22,23,25). The van der Waals surface area contributed by atoms with Crippen LogP contribution in [-0.4, -0.2) is 36.8 Å². The second kappa shape index (κ2) is 8.35. The molecule has 154 valence electrons. The van der Waals surface area contributed by atoms with Gasteiger partial charge < -0.3 is 4.98 Å². The summed E-state index contributed by atoms with van der Waals surface area (Å²) in [6.45, 7) is 0. The molecule has 0 saturated heterocycles. The van der Waals surface area contributed by atoms with E-state index in [2.05, 4.69) is 9.97 Å². The summed E-state index contributed by atoms with van der Waals surface area (Å²) in [5, 5.41) is 3.05. The Kier molecular flexibility index (Phi) is 5.79. The van der Waals surface area contributed by atoms with Gasteiger partial charge in [0.15, 0.2) is 5.16 Å². The molecule has 0 amide bonds. The largest absolute Gasteiger partial charge is 0.301 e. The van der Waals surface area contributed by atoms with E-state index in [4.69, 9.17) is 0 Å². The van der Waals surface area contributed by atoms with Gasteiger partial charge in [-0.15, -0.1) is 11.3 Å². The van der Waals surface area contributed by atoms with Gasteiger partial charge in [0.2, 0.25) is 10.0 Å². The van der Waals surface area contributed by atoms with Gasteiger partial charge in [0.05, 0.1) is 10.3 Å². The van der Waals surface area contributed by atoms with Crippen molar-refractivity contribution in [2.24, 2.45) is 0 Å². The lowest BCUT2D eigenvalue weighted by Crippen LogP contribution is -2.22. The van der Waals surface area contributed by atoms with Gasteiger partial charge in [0, 0.05) is 30.8 Å². The van der Waals surface area contributed by atoms with E-state index in [1.54, 1.807) is 18.2 Å². The van der Waals surface area contributed by atoms with Gasteiger partial charge in [-0.05, 0) is 23.3 Å². The molecule has 0 spiro atoms. The van der Waals surface area contributed by atoms with E-state index in [9.17, 15) is 13.2 Å². The molecule has 0 radical (unpaired) electrons. The number of aromatic amines is 1. The van der Waals surface area contributed by atoms with E-state index in [1.165, 1.54) is 41.5 Å². The summed E-state index contributed by atoms with van der Waals surface area (Å²) in [4.78, 5) is 21.1. The van der Waals surface area contributed by atoms with Crippen LogP contribution in [-0.2, 0) is 15.8 Å². The van der Waals surface area contributed by atoms with Gasteiger partial charge in [-0.25, -0.2) is 17.7 Å². The first-order valence-electron chi connectivity index (χ1n) is 9.07. The molecular formula is C21H19N3O3S3. The van der Waals surface area contributed by atoms with Crippen LogP contribution in [0.25, 0.3) is 21.3 Å². The number of benzene rings is 2. The smallest absolute Gasteiger partial charge is 0.260 e. The summed E-state index contributed by atoms with van der Waals surface area (Å²) in [5.41, 5.74) is 2.52. The molecule has 30 heavy (non-hydrogen) atoms. The lowest BCUT2D eigenvalue weighted by molar-refractivity contribution is 0.520. The number of hydrogen-bond acceptors (Lipinski definition) is 6. The molecule has 2 aromatic heterocycles. The van der Waals surface area contributed by atoms with Crippen LogP contribution in [0.4, 0.5) is 0 Å². The molecule has 4 aromatic rings. The van der Waals surface area contributed by atoms with Crippen molar-refractivity contribution in [3.05, 3.63) is 75.9 Å². The van der Waals surface area contributed by atoms with E-state index in [0.717, 1.165) is 16.7 Å². The number of fused-ring (bicyclic) bond motifs is 1. The molecule has 0 aliphatic rings. The number of thiophene rings is 1. The molecule has 4 rings (SSSR count). The number of H-pyrrole nitrogens is 1. The van der Waals surface area contributed by atoms with Gasteiger partial charge in [-0.3, -0.25) is 4.79 Å². The Balaban J connectivity index is 1.60. The van der Waals surface area contributed by atoms with Gasteiger partial charge >= 0.3 is 0 Å². The van der Waals surface area contributed by atoms with Crippen molar-refractivity contribution in [1.29, 1.82) is 0 Å². The number of rotatable bonds is 6. The Morgan fingerprint density at radius 1 is 1.10 bits per heavy atom. The molecule has 0 aliphatic heterocycles. The summed E-state index contributed by atoms with van der Waals surface area (Å²) in [7, 11) is -0.479. The molecule has 0 unspecified atom stereocenters. The van der Waals surface area contributed by atoms with E-state index in [-0.39, 0.29) is 10.5 Å². The number of thioether (sulfide) groups is 1. The maximum Gasteiger partial charge on any atom is 0.260 e. The molecule has 0 aliphatic carbocycles. The molecule has 0 saturated carbocycles. The topological polar surface area (TPSA) is 83.1 Å². The highest BCUT2D eigenvalue weighted by atomic mass is 32.2. The number of aromatic nitrogens is 2. The lowest BCUT2D eigenvalue weighted by atomic mass is 10.1. The third-order valence-electron chi connectivity index (χ3n) is 4.56. The SMILES string of the molecule is CN(C)S(=O)(=O)c1cccc(CSc2nc3scc(-c4ccccc4)c3c(=O)[nH]2)c1. The van der Waals surface area contributed by atoms with Gasteiger partial charge in [-0.2, -0.15) is 0 Å². The summed E-state index contributed by atoms with van der Waals surface area (Å²) < 4.78 is 25.8. The fourth-order valence-corrected chi connectivity index (χ4v) is 5.77. The minimum Gasteiger partial charge on any atom is -0.301 e. The van der Waals surface area contributed by atoms with Crippen molar-refractivity contribution in [1.82, 2.24) is 14.3 Å². The quantitative estimate of drug-likeness (QED) is 0.347. The Morgan fingerprint density at radius 3 is 2.60 bits per heavy atom. The third-order valence-corrected chi connectivity index (χ3v) is 8.19. The highest BCUT2D eigenvalue weighted by Crippen LogP contribution is 2.31. The van der Waals surface area contributed by atoms with Crippen LogP contribution in [0.1, 0.15) is 5.56 Å². The number of sulfonamides is 1. The summed E-state index contributed by atoms with van der Waals surface area (Å²) >= 11 is 2.81. The molecule has 1 N–H and O–H groups in total. The fraction of sp³-hybridized carbons (Fsp3) is 0.143. The van der Waals surface area contributed by atoms with Crippen LogP contribution in [0.2, 0.25) is 0 Å². The summed E-state index contributed by atoms with van der Waals surface area (Å²) in [5.74, 6) is 0.488. The molecule has 2 aromatic carbocycles. The predicted molar refractivity (Wildman–Crippen MR) is 123 cm³/mol. The van der Waals surface area contributed by atoms with Gasteiger partial charge in [0.1, 0.15) is 4.83 Å². The van der Waals surface area contributed by atoms with Crippen LogP contribution in [0, 0.1) is 0 Å². The number of nitrogens with zero attached hydrogens (tertiary/aromatic N) is 2. The minimum atomic E-state index is -3.49. The number of nitrogens with one attached hydrogen (secondary N) is 1. The predicted octanol–water partition coefficient (Wildman–Crippen LogP) is 4.19. The first-order valence-corrected chi connectivity index (χ1v) is 12.4. The first-order chi connectivity index (χ1) is 14.4. The van der Waals surface area contributed by atoms with E-state index >= 15 is 0 Å². The Hall–Kier alpha value is -2.46. The Labute approximate surface area is 182 Å². The fourth-order valence-electron chi connectivity index (χ4n) is 2.99. The van der Waals surface area contributed by atoms with Crippen LogP contribution in [0.5, 0.6) is 0 Å². The van der Waals surface area contributed by atoms with E-state index in [1.807, 2.05) is 41.8 Å². The van der Waals surface area contributed by atoms with Crippen molar-refractivity contribution in [2.75, 3.05) is 14.1 Å². The minimum absolute atomic E-state index is 0.175. The van der Waals surface area contributed by atoms with Crippen molar-refractivity contribution < 1.29 is 8.42 Å². The highest BCUT2D eigenvalue weighted by Gasteiger charge is 2.17. The summed E-state index contributed by atoms with van der Waals surface area (Å²) in [6, 6.07) is 16.6. The zero-order valence-electron chi connectivity index (χ0n) is 16.3. The lowest BCUT2D eigenvalue weighted by Gasteiger charge is -2.12. The number of hydrogen-bond donors (Lipinski definition) is 1. The highest BCUT2D eigenvalue weighted by molar-refractivity contribution is 7.98. The van der Waals surface area contributed by atoms with Crippen LogP contribution < -0.4 is 5.56 Å². The molecule has 0 fully saturated rings. The Morgan fingerprint density at radius 2 is 1.87 bits per heavy atom. The molecular weight excluding hydrogens is 438 g/mol. The summed E-state index contributed by atoms with van der Waals surface area (Å²) in [6.07, 6.45) is 0. The zero-order chi connectivity index (χ0) is 21.3. The average Bonchev–Trinajstić information content (AvgIpc) is 3.18. The first kappa shape index (κ1) is 20.8. The second-order valence-corrected chi connectivity index (χ2v) is 10.8. The van der Waals surface area contributed by atoms with Gasteiger partial charge in [-0.1, -0.05) is 54.2 Å². The molecule has 0 bridgehead atoms. The Bertz CT molecular complexity index is 1360.